The lowest BCUT2D eigenvalue weighted by atomic mass is 10.1. The van der Waals surface area contributed by atoms with Crippen molar-refractivity contribution in [1.82, 2.24) is 10.3 Å². The first-order valence-corrected chi connectivity index (χ1v) is 6.58. The minimum atomic E-state index is -1.12. The molecule has 0 saturated heterocycles. The molecule has 0 bridgehead atoms. The number of nitriles is 1. The van der Waals surface area contributed by atoms with E-state index in [9.17, 15) is 14.4 Å². The normalized spacial score (nSPS) is 24.6. The fourth-order valence-electron chi connectivity index (χ4n) is 1.63. The molecule has 1 aliphatic heterocycles. The second kappa shape index (κ2) is 5.43. The Morgan fingerprint density at radius 1 is 1.70 bits per heavy atom. The molecule has 7 heteroatoms. The molecule has 2 atom stereocenters. The van der Waals surface area contributed by atoms with Gasteiger partial charge in [0, 0.05) is 11.8 Å². The van der Waals surface area contributed by atoms with Gasteiger partial charge in [-0.2, -0.15) is 5.26 Å². The number of nitrogens with one attached hydrogen (secondary N) is 1. The predicted octanol–water partition coefficient (Wildman–Crippen LogP) is 1.62. The molecule has 1 aromatic heterocycles. The van der Waals surface area contributed by atoms with Crippen molar-refractivity contribution in [3.63, 3.8) is 0 Å². The first kappa shape index (κ1) is 14.2. The lowest BCUT2D eigenvalue weighted by Gasteiger charge is -2.20. The van der Waals surface area contributed by atoms with Crippen LogP contribution in [0.3, 0.4) is 0 Å². The van der Waals surface area contributed by atoms with Crippen molar-refractivity contribution in [3.8, 4) is 6.07 Å². The van der Waals surface area contributed by atoms with Crippen molar-refractivity contribution in [2.75, 3.05) is 0 Å². The fraction of sp³-hybridized carbons (Fsp3) is 0.231. The molecule has 20 heavy (non-hydrogen) atoms. The number of thioether (sulfide) groups is 1. The number of carbonyl (C=O) groups is 1. The zero-order valence-electron chi connectivity index (χ0n) is 10.6. The van der Waals surface area contributed by atoms with E-state index in [-0.39, 0.29) is 0 Å². The van der Waals surface area contributed by atoms with E-state index < -0.39 is 22.6 Å². The Labute approximate surface area is 119 Å². The molecule has 102 valence electrons. The third-order valence-electron chi connectivity index (χ3n) is 2.71. The summed E-state index contributed by atoms with van der Waals surface area (Å²) in [6.45, 7) is 4.97. The van der Waals surface area contributed by atoms with Crippen LogP contribution < -0.4 is 5.32 Å². The van der Waals surface area contributed by atoms with Crippen molar-refractivity contribution >= 4 is 22.7 Å². The van der Waals surface area contributed by atoms with E-state index in [0.29, 0.717) is 10.6 Å². The molecule has 1 aromatic rings. The molecule has 5 nitrogen and oxygen atoms in total. The van der Waals surface area contributed by atoms with Gasteiger partial charge < -0.3 is 5.32 Å². The van der Waals surface area contributed by atoms with Gasteiger partial charge in [0.1, 0.15) is 16.2 Å². The highest BCUT2D eigenvalue weighted by Crippen LogP contribution is 2.36. The van der Waals surface area contributed by atoms with Crippen LogP contribution in [-0.2, 0) is 4.79 Å². The Hall–Kier alpha value is -2.20. The zero-order valence-corrected chi connectivity index (χ0v) is 11.4. The van der Waals surface area contributed by atoms with Crippen molar-refractivity contribution in [3.05, 3.63) is 42.5 Å². The average Bonchev–Trinajstić information content (AvgIpc) is 2.77. The molecule has 0 spiro atoms. The number of nitrogens with zero attached hydrogens (tertiary/aromatic N) is 3. The summed E-state index contributed by atoms with van der Waals surface area (Å²) in [4.78, 5) is 19.4. The first-order valence-electron chi connectivity index (χ1n) is 5.70. The lowest BCUT2D eigenvalue weighted by Crippen LogP contribution is -2.44. The second-order valence-corrected chi connectivity index (χ2v) is 5.37. The number of halogens is 1. The monoisotopic (exact) mass is 290 g/mol. The van der Waals surface area contributed by atoms with Crippen LogP contribution in [0.2, 0.25) is 0 Å². The third-order valence-corrected chi connectivity index (χ3v) is 4.07. The van der Waals surface area contributed by atoms with Gasteiger partial charge in [0.05, 0.1) is 12.3 Å². The average molecular weight is 290 g/mol. The summed E-state index contributed by atoms with van der Waals surface area (Å²) >= 11 is 1.19. The van der Waals surface area contributed by atoms with Gasteiger partial charge in [-0.25, -0.2) is 4.39 Å². The van der Waals surface area contributed by atoms with Gasteiger partial charge in [-0.05, 0) is 19.1 Å². The quantitative estimate of drug-likeness (QED) is 0.858. The number of carbonyl (C=O) groups excluding carboxylic acids is 1. The summed E-state index contributed by atoms with van der Waals surface area (Å²) in [5, 5.41) is 11.8. The molecular weight excluding hydrogens is 279 g/mol. The molecule has 0 saturated carbocycles. The van der Waals surface area contributed by atoms with E-state index in [1.165, 1.54) is 24.0 Å². The standard InChI is InChI=1S/C13H11FN4OS/c1-3-10(19)17-12-13(2,7-15)18-11(20-12)8-4-9(14)6-16-5-8/h3-6,12H,1H2,2H3,(H,17,19). The fourth-order valence-corrected chi connectivity index (χ4v) is 2.85. The van der Waals surface area contributed by atoms with Crippen LogP contribution in [0.1, 0.15) is 12.5 Å². The summed E-state index contributed by atoms with van der Waals surface area (Å²) in [5.41, 5.74) is -0.642. The number of rotatable bonds is 3. The van der Waals surface area contributed by atoms with Gasteiger partial charge in [-0.1, -0.05) is 18.3 Å². The van der Waals surface area contributed by atoms with Crippen molar-refractivity contribution in [2.45, 2.75) is 17.8 Å². The van der Waals surface area contributed by atoms with Crippen molar-refractivity contribution in [1.29, 1.82) is 5.26 Å². The molecular formula is C13H11FN4OS. The maximum absolute atomic E-state index is 13.2. The zero-order chi connectivity index (χ0) is 14.8. The number of aliphatic imine (C=N–C) groups is 1. The van der Waals surface area contributed by atoms with E-state index in [0.717, 1.165) is 12.3 Å². The number of amides is 1. The second-order valence-electron chi connectivity index (χ2n) is 4.28. The number of aromatic nitrogens is 1. The van der Waals surface area contributed by atoms with Crippen LogP contribution in [0.25, 0.3) is 0 Å². The molecule has 0 radical (unpaired) electrons. The molecule has 2 unspecified atom stereocenters. The molecule has 1 amide bonds. The van der Waals surface area contributed by atoms with Crippen LogP contribution in [0, 0.1) is 17.1 Å². The van der Waals surface area contributed by atoms with Crippen LogP contribution in [-0.4, -0.2) is 26.8 Å². The van der Waals surface area contributed by atoms with Gasteiger partial charge in [-0.3, -0.25) is 14.8 Å². The predicted molar refractivity (Wildman–Crippen MR) is 74.5 cm³/mol. The number of hydrogen-bond donors (Lipinski definition) is 1. The lowest BCUT2D eigenvalue weighted by molar-refractivity contribution is -0.116. The number of pyridine rings is 1. The van der Waals surface area contributed by atoms with Crippen molar-refractivity contribution in [2.24, 2.45) is 4.99 Å². The van der Waals surface area contributed by atoms with Gasteiger partial charge in [0.15, 0.2) is 5.54 Å². The molecule has 2 rings (SSSR count). The maximum atomic E-state index is 13.2. The molecule has 0 aliphatic carbocycles. The molecule has 2 heterocycles. The Morgan fingerprint density at radius 2 is 2.45 bits per heavy atom. The Balaban J connectivity index is 2.30. The Morgan fingerprint density at radius 3 is 3.05 bits per heavy atom. The van der Waals surface area contributed by atoms with Crippen LogP contribution >= 0.6 is 11.8 Å². The van der Waals surface area contributed by atoms with E-state index in [2.05, 4.69) is 27.9 Å². The van der Waals surface area contributed by atoms with Gasteiger partial charge >= 0.3 is 0 Å². The minimum Gasteiger partial charge on any atom is -0.337 e. The topological polar surface area (TPSA) is 78.1 Å². The third kappa shape index (κ3) is 2.70. The smallest absolute Gasteiger partial charge is 0.244 e. The van der Waals surface area contributed by atoms with Gasteiger partial charge in [0.2, 0.25) is 5.91 Å². The van der Waals surface area contributed by atoms with Crippen LogP contribution in [0.4, 0.5) is 4.39 Å². The highest BCUT2D eigenvalue weighted by molar-refractivity contribution is 8.15. The van der Waals surface area contributed by atoms with E-state index in [4.69, 9.17) is 0 Å². The summed E-state index contributed by atoms with van der Waals surface area (Å²) in [7, 11) is 0. The van der Waals surface area contributed by atoms with E-state index in [1.54, 1.807) is 6.92 Å². The highest BCUT2D eigenvalue weighted by atomic mass is 32.2. The largest absolute Gasteiger partial charge is 0.337 e. The summed E-state index contributed by atoms with van der Waals surface area (Å²) in [6, 6.07) is 3.35. The van der Waals surface area contributed by atoms with Gasteiger partial charge in [0.25, 0.3) is 0 Å². The molecule has 0 fully saturated rings. The van der Waals surface area contributed by atoms with Crippen LogP contribution in [0.15, 0.2) is 36.1 Å². The first-order chi connectivity index (χ1) is 9.48. The Kier molecular flexibility index (Phi) is 3.86. The van der Waals surface area contributed by atoms with E-state index in [1.807, 2.05) is 0 Å². The molecule has 1 N–H and O–H groups in total. The summed E-state index contributed by atoms with van der Waals surface area (Å²) < 4.78 is 13.2. The minimum absolute atomic E-state index is 0.391. The molecule has 0 aromatic carbocycles. The Bertz CT molecular complexity index is 640. The van der Waals surface area contributed by atoms with Crippen LogP contribution in [0.5, 0.6) is 0 Å². The summed E-state index contributed by atoms with van der Waals surface area (Å²) in [6.07, 6.45) is 3.68. The highest BCUT2D eigenvalue weighted by Gasteiger charge is 2.42. The molecule has 1 aliphatic rings. The summed E-state index contributed by atoms with van der Waals surface area (Å²) in [5.74, 6) is -0.874. The SMILES string of the molecule is C=CC(=O)NC1SC(c2cncc(F)c2)=NC1(C)C#N. The number of hydrogen-bond acceptors (Lipinski definition) is 5. The van der Waals surface area contributed by atoms with E-state index >= 15 is 0 Å². The van der Waals surface area contributed by atoms with Crippen molar-refractivity contribution < 1.29 is 9.18 Å². The maximum Gasteiger partial charge on any atom is 0.244 e. The van der Waals surface area contributed by atoms with Gasteiger partial charge in [-0.15, -0.1) is 0 Å².